The number of anilines is 3. The van der Waals surface area contributed by atoms with E-state index in [4.69, 9.17) is 5.26 Å². The minimum absolute atomic E-state index is 0.154. The van der Waals surface area contributed by atoms with Crippen LogP contribution < -0.4 is 10.2 Å². The molecule has 0 bridgehead atoms. The summed E-state index contributed by atoms with van der Waals surface area (Å²) in [5, 5.41) is 12.2. The first-order valence-electron chi connectivity index (χ1n) is 8.74. The molecule has 1 amide bonds. The number of aryl methyl sites for hydroxylation is 1. The Hall–Kier alpha value is -3.72. The van der Waals surface area contributed by atoms with Crippen LogP contribution in [0, 0.1) is 11.3 Å². The summed E-state index contributed by atoms with van der Waals surface area (Å²) in [6.07, 6.45) is 4.89. The van der Waals surface area contributed by atoms with E-state index in [0.29, 0.717) is 29.3 Å². The van der Waals surface area contributed by atoms with Crippen molar-refractivity contribution in [1.82, 2.24) is 9.97 Å². The zero-order valence-corrected chi connectivity index (χ0v) is 14.6. The highest BCUT2D eigenvalue weighted by Crippen LogP contribution is 2.28. The van der Waals surface area contributed by atoms with Crippen LogP contribution in [-0.2, 0) is 6.42 Å². The number of hydrogen-bond acceptors (Lipinski definition) is 5. The number of benzene rings is 2. The van der Waals surface area contributed by atoms with E-state index in [1.807, 2.05) is 24.3 Å². The molecule has 6 heteroatoms. The molecule has 3 aromatic rings. The van der Waals surface area contributed by atoms with Crippen LogP contribution >= 0.6 is 0 Å². The second-order valence-corrected chi connectivity index (χ2v) is 6.26. The summed E-state index contributed by atoms with van der Waals surface area (Å²) >= 11 is 0. The van der Waals surface area contributed by atoms with E-state index in [2.05, 4.69) is 27.4 Å². The number of hydrogen-bond donors (Lipinski definition) is 1. The maximum atomic E-state index is 12.9. The van der Waals surface area contributed by atoms with Gasteiger partial charge in [-0.2, -0.15) is 5.26 Å². The second-order valence-electron chi connectivity index (χ2n) is 6.26. The molecule has 1 aliphatic rings. The van der Waals surface area contributed by atoms with Crippen molar-refractivity contribution in [2.24, 2.45) is 0 Å². The Morgan fingerprint density at radius 3 is 2.70 bits per heavy atom. The highest BCUT2D eigenvalue weighted by molar-refractivity contribution is 6.05. The number of aromatic nitrogens is 2. The first-order valence-corrected chi connectivity index (χ1v) is 8.74. The lowest BCUT2D eigenvalue weighted by molar-refractivity contribution is 0.0980. The van der Waals surface area contributed by atoms with Gasteiger partial charge in [-0.25, -0.2) is 9.97 Å². The molecule has 0 saturated heterocycles. The number of nitriles is 1. The van der Waals surface area contributed by atoms with Crippen molar-refractivity contribution < 1.29 is 4.79 Å². The number of carbonyl (C=O) groups is 1. The molecule has 0 fully saturated rings. The molecule has 27 heavy (non-hydrogen) atoms. The fourth-order valence-electron chi connectivity index (χ4n) is 3.21. The standard InChI is InChI=1S/C21H17N5O/c22-12-16-7-1-3-9-17(16)25-20-14-23-18(13-24-20)21(27)26-11-5-8-15-6-2-4-10-19(15)26/h1-4,6-7,9-10,13-14H,5,8,11H2,(H,24,25). The molecule has 2 aromatic carbocycles. The lowest BCUT2D eigenvalue weighted by Gasteiger charge is -2.29. The lowest BCUT2D eigenvalue weighted by Crippen LogP contribution is -2.36. The van der Waals surface area contributed by atoms with Crippen molar-refractivity contribution in [1.29, 1.82) is 5.26 Å². The SMILES string of the molecule is N#Cc1ccccc1Nc1cnc(C(=O)N2CCCc3ccccc32)cn1. The predicted molar refractivity (Wildman–Crippen MR) is 103 cm³/mol. The lowest BCUT2D eigenvalue weighted by atomic mass is 10.0. The smallest absolute Gasteiger partial charge is 0.278 e. The molecule has 1 aromatic heterocycles. The normalized spacial score (nSPS) is 12.8. The van der Waals surface area contributed by atoms with Gasteiger partial charge in [0.2, 0.25) is 0 Å². The van der Waals surface area contributed by atoms with Crippen LogP contribution in [0.4, 0.5) is 17.2 Å². The van der Waals surface area contributed by atoms with Gasteiger partial charge < -0.3 is 10.2 Å². The number of nitrogens with zero attached hydrogens (tertiary/aromatic N) is 4. The second kappa shape index (κ2) is 7.26. The summed E-state index contributed by atoms with van der Waals surface area (Å²) in [6.45, 7) is 0.674. The first-order chi connectivity index (χ1) is 13.3. The van der Waals surface area contributed by atoms with Gasteiger partial charge in [0.25, 0.3) is 5.91 Å². The molecule has 132 valence electrons. The van der Waals surface area contributed by atoms with Crippen molar-refractivity contribution >= 4 is 23.1 Å². The largest absolute Gasteiger partial charge is 0.338 e. The summed E-state index contributed by atoms with van der Waals surface area (Å²) in [5.41, 5.74) is 3.59. The van der Waals surface area contributed by atoms with Gasteiger partial charge in [0.15, 0.2) is 0 Å². The predicted octanol–water partition coefficient (Wildman–Crippen LogP) is 3.68. The topological polar surface area (TPSA) is 81.9 Å². The molecule has 2 heterocycles. The van der Waals surface area contributed by atoms with Gasteiger partial charge in [-0.05, 0) is 36.6 Å². The van der Waals surface area contributed by atoms with Gasteiger partial charge in [-0.3, -0.25) is 4.79 Å². The van der Waals surface area contributed by atoms with Crippen molar-refractivity contribution in [3.63, 3.8) is 0 Å². The maximum absolute atomic E-state index is 12.9. The van der Waals surface area contributed by atoms with Crippen LogP contribution in [0.15, 0.2) is 60.9 Å². The van der Waals surface area contributed by atoms with E-state index < -0.39 is 0 Å². The molecule has 6 nitrogen and oxygen atoms in total. The minimum Gasteiger partial charge on any atom is -0.338 e. The van der Waals surface area contributed by atoms with Crippen LogP contribution in [-0.4, -0.2) is 22.4 Å². The highest BCUT2D eigenvalue weighted by Gasteiger charge is 2.24. The van der Waals surface area contributed by atoms with Crippen LogP contribution in [0.2, 0.25) is 0 Å². The Labute approximate surface area is 157 Å². The third-order valence-electron chi connectivity index (χ3n) is 4.54. The molecular weight excluding hydrogens is 338 g/mol. The van der Waals surface area contributed by atoms with E-state index in [0.717, 1.165) is 18.5 Å². The van der Waals surface area contributed by atoms with Crippen LogP contribution in [0.5, 0.6) is 0 Å². The van der Waals surface area contributed by atoms with E-state index in [-0.39, 0.29) is 5.91 Å². The Morgan fingerprint density at radius 1 is 1.07 bits per heavy atom. The average molecular weight is 355 g/mol. The third-order valence-corrected chi connectivity index (χ3v) is 4.54. The molecule has 0 atom stereocenters. The molecule has 0 radical (unpaired) electrons. The Kier molecular flexibility index (Phi) is 4.50. The number of para-hydroxylation sites is 2. The molecular formula is C21H17N5O. The van der Waals surface area contributed by atoms with Crippen molar-refractivity contribution in [3.05, 3.63) is 77.7 Å². The summed E-state index contributed by atoms with van der Waals surface area (Å²) < 4.78 is 0. The Balaban J connectivity index is 1.55. The molecule has 4 rings (SSSR count). The summed E-state index contributed by atoms with van der Waals surface area (Å²) in [5.74, 6) is 0.326. The van der Waals surface area contributed by atoms with Gasteiger partial charge in [-0.1, -0.05) is 30.3 Å². The first kappa shape index (κ1) is 16.7. The Bertz CT molecular complexity index is 1020. The van der Waals surface area contributed by atoms with E-state index in [1.165, 1.54) is 18.0 Å². The zero-order chi connectivity index (χ0) is 18.6. The number of carbonyl (C=O) groups excluding carboxylic acids is 1. The van der Waals surface area contributed by atoms with Gasteiger partial charge in [0.05, 0.1) is 23.6 Å². The zero-order valence-electron chi connectivity index (χ0n) is 14.6. The average Bonchev–Trinajstić information content (AvgIpc) is 2.74. The van der Waals surface area contributed by atoms with Crippen molar-refractivity contribution in [2.75, 3.05) is 16.8 Å². The molecule has 1 aliphatic heterocycles. The van der Waals surface area contributed by atoms with Gasteiger partial charge in [0.1, 0.15) is 17.6 Å². The van der Waals surface area contributed by atoms with Crippen LogP contribution in [0.1, 0.15) is 28.0 Å². The summed E-state index contributed by atoms with van der Waals surface area (Å²) in [6, 6.07) is 17.2. The molecule has 0 saturated carbocycles. The summed E-state index contributed by atoms with van der Waals surface area (Å²) in [7, 11) is 0. The van der Waals surface area contributed by atoms with E-state index in [9.17, 15) is 4.79 Å². The highest BCUT2D eigenvalue weighted by atomic mass is 16.2. The summed E-state index contributed by atoms with van der Waals surface area (Å²) in [4.78, 5) is 23.2. The number of amides is 1. The number of rotatable bonds is 3. The van der Waals surface area contributed by atoms with Crippen LogP contribution in [0.25, 0.3) is 0 Å². The molecule has 0 aliphatic carbocycles. The number of fused-ring (bicyclic) bond motifs is 1. The van der Waals surface area contributed by atoms with Gasteiger partial charge in [0, 0.05) is 12.2 Å². The van der Waals surface area contributed by atoms with E-state index >= 15 is 0 Å². The minimum atomic E-state index is -0.154. The van der Waals surface area contributed by atoms with Crippen LogP contribution in [0.3, 0.4) is 0 Å². The molecule has 1 N–H and O–H groups in total. The fourth-order valence-corrected chi connectivity index (χ4v) is 3.21. The molecule has 0 spiro atoms. The van der Waals surface area contributed by atoms with Crippen molar-refractivity contribution in [2.45, 2.75) is 12.8 Å². The monoisotopic (exact) mass is 355 g/mol. The van der Waals surface area contributed by atoms with Crippen molar-refractivity contribution in [3.8, 4) is 6.07 Å². The Morgan fingerprint density at radius 2 is 1.89 bits per heavy atom. The number of nitrogens with one attached hydrogen (secondary N) is 1. The van der Waals surface area contributed by atoms with Gasteiger partial charge in [-0.15, -0.1) is 0 Å². The third kappa shape index (κ3) is 3.35. The molecule has 0 unspecified atom stereocenters. The maximum Gasteiger partial charge on any atom is 0.278 e. The van der Waals surface area contributed by atoms with Gasteiger partial charge >= 0.3 is 0 Å². The fraction of sp³-hybridized carbons (Fsp3) is 0.143. The van der Waals surface area contributed by atoms with E-state index in [1.54, 1.807) is 23.1 Å². The quantitative estimate of drug-likeness (QED) is 0.775.